The van der Waals surface area contributed by atoms with Gasteiger partial charge in [0.25, 0.3) is 15.9 Å². The predicted molar refractivity (Wildman–Crippen MR) is 142 cm³/mol. The van der Waals surface area contributed by atoms with Crippen LogP contribution < -0.4 is 14.9 Å². The molecule has 0 unspecified atom stereocenters. The maximum absolute atomic E-state index is 13.5. The number of carbonyl (C=O) groups excluding carboxylic acids is 2. The fourth-order valence-electron chi connectivity index (χ4n) is 3.55. The van der Waals surface area contributed by atoms with Gasteiger partial charge in [0.2, 0.25) is 5.91 Å². The first-order valence-electron chi connectivity index (χ1n) is 11.3. The van der Waals surface area contributed by atoms with Crippen LogP contribution in [0.15, 0.2) is 101 Å². The lowest BCUT2D eigenvalue weighted by molar-refractivity contribution is -0.114. The Morgan fingerprint density at radius 1 is 0.919 bits per heavy atom. The molecule has 0 saturated heterocycles. The first-order chi connectivity index (χ1) is 17.7. The number of halogens is 1. The third kappa shape index (κ3) is 6.38. The summed E-state index contributed by atoms with van der Waals surface area (Å²) in [5.74, 6) is -0.461. The summed E-state index contributed by atoms with van der Waals surface area (Å²) in [6, 6.07) is 22.4. The van der Waals surface area contributed by atoms with Gasteiger partial charge in [0.05, 0.1) is 34.6 Å². The van der Waals surface area contributed by atoms with E-state index < -0.39 is 28.4 Å². The van der Waals surface area contributed by atoms with Gasteiger partial charge in [0, 0.05) is 5.02 Å². The molecule has 1 heterocycles. The van der Waals surface area contributed by atoms with Crippen molar-refractivity contribution in [1.29, 1.82) is 0 Å². The third-order valence-electron chi connectivity index (χ3n) is 5.46. The first kappa shape index (κ1) is 26.0. The molecule has 10 heteroatoms. The Balaban J connectivity index is 1.57. The van der Waals surface area contributed by atoms with Gasteiger partial charge in [0.1, 0.15) is 12.3 Å². The Bertz CT molecular complexity index is 1490. The third-order valence-corrected chi connectivity index (χ3v) is 7.50. The fourth-order valence-corrected chi connectivity index (χ4v) is 5.09. The lowest BCUT2D eigenvalue weighted by Gasteiger charge is -2.24. The van der Waals surface area contributed by atoms with E-state index >= 15 is 0 Å². The second-order valence-electron chi connectivity index (χ2n) is 8.16. The van der Waals surface area contributed by atoms with E-state index in [2.05, 4.69) is 10.6 Å². The molecule has 0 aliphatic carbocycles. The molecule has 0 aliphatic heterocycles. The number of nitrogens with one attached hydrogen (secondary N) is 2. The number of rotatable bonds is 9. The average molecular weight is 538 g/mol. The maximum Gasteiger partial charge on any atom is 0.264 e. The number of hydrogen-bond acceptors (Lipinski definition) is 5. The van der Waals surface area contributed by atoms with Crippen molar-refractivity contribution in [1.82, 2.24) is 5.32 Å². The molecule has 4 aromatic rings. The number of hydrogen-bond donors (Lipinski definition) is 2. The largest absolute Gasteiger partial charge is 0.467 e. The van der Waals surface area contributed by atoms with Gasteiger partial charge in [-0.3, -0.25) is 13.9 Å². The molecule has 2 N–H and O–H groups in total. The Morgan fingerprint density at radius 3 is 2.30 bits per heavy atom. The first-order valence-corrected chi connectivity index (χ1v) is 13.1. The van der Waals surface area contributed by atoms with E-state index in [-0.39, 0.29) is 22.7 Å². The normalized spacial score (nSPS) is 11.1. The highest BCUT2D eigenvalue weighted by Gasteiger charge is 2.27. The molecule has 1 aromatic heterocycles. The predicted octanol–water partition coefficient (Wildman–Crippen LogP) is 5.01. The van der Waals surface area contributed by atoms with Gasteiger partial charge in [0.15, 0.2) is 0 Å². The molecule has 0 spiro atoms. The minimum atomic E-state index is -4.11. The van der Waals surface area contributed by atoms with Crippen LogP contribution in [0.3, 0.4) is 0 Å². The van der Waals surface area contributed by atoms with Crippen LogP contribution in [0.2, 0.25) is 5.02 Å². The minimum absolute atomic E-state index is 0.0111. The molecule has 0 bridgehead atoms. The van der Waals surface area contributed by atoms with E-state index in [1.165, 1.54) is 30.5 Å². The molecule has 0 saturated carbocycles. The highest BCUT2D eigenvalue weighted by Crippen LogP contribution is 2.25. The standard InChI is InChI=1S/C27H24ClN3O5S/c1-19-8-12-21(13-9-19)31(37(34,35)23-14-10-20(28)11-15-23)18-26(32)30-25-7-3-2-6-24(25)27(33)29-17-22-5-4-16-36-22/h2-16H,17-18H2,1H3,(H,29,33)(H,30,32). The molecular formula is C27H24ClN3O5S. The van der Waals surface area contributed by atoms with Gasteiger partial charge < -0.3 is 15.1 Å². The molecule has 190 valence electrons. The van der Waals surface area contributed by atoms with Crippen LogP contribution >= 0.6 is 11.6 Å². The van der Waals surface area contributed by atoms with Gasteiger partial charge >= 0.3 is 0 Å². The van der Waals surface area contributed by atoms with Crippen molar-refractivity contribution in [3.05, 3.63) is 113 Å². The van der Waals surface area contributed by atoms with Gasteiger partial charge in [-0.15, -0.1) is 0 Å². The number of nitrogens with zero attached hydrogens (tertiary/aromatic N) is 1. The molecule has 3 aromatic carbocycles. The quantitative estimate of drug-likeness (QED) is 0.312. The summed E-state index contributed by atoms with van der Waals surface area (Å²) in [6.45, 7) is 1.54. The number of para-hydroxylation sites is 1. The smallest absolute Gasteiger partial charge is 0.264 e. The Kier molecular flexibility index (Phi) is 7.95. The molecule has 0 aliphatic rings. The molecule has 4 rings (SSSR count). The highest BCUT2D eigenvalue weighted by atomic mass is 35.5. The topological polar surface area (TPSA) is 109 Å². The van der Waals surface area contributed by atoms with Crippen LogP contribution in [0.25, 0.3) is 0 Å². The van der Waals surface area contributed by atoms with Crippen molar-refractivity contribution in [2.45, 2.75) is 18.4 Å². The molecule has 2 amide bonds. The molecule has 0 fully saturated rings. The summed E-state index contributed by atoms with van der Waals surface area (Å²) < 4.78 is 33.3. The van der Waals surface area contributed by atoms with E-state index in [0.717, 1.165) is 9.87 Å². The second-order valence-corrected chi connectivity index (χ2v) is 10.5. The van der Waals surface area contributed by atoms with Crippen molar-refractivity contribution in [3.63, 3.8) is 0 Å². The number of amides is 2. The summed E-state index contributed by atoms with van der Waals surface area (Å²) in [5.41, 5.74) is 1.73. The van der Waals surface area contributed by atoms with Gasteiger partial charge in [-0.25, -0.2) is 8.42 Å². The van der Waals surface area contributed by atoms with E-state index in [0.29, 0.717) is 16.5 Å². The van der Waals surface area contributed by atoms with Crippen molar-refractivity contribution in [2.24, 2.45) is 0 Å². The number of benzene rings is 3. The van der Waals surface area contributed by atoms with Crippen LogP contribution in [-0.2, 0) is 21.4 Å². The summed E-state index contributed by atoms with van der Waals surface area (Å²) in [5, 5.41) is 5.80. The van der Waals surface area contributed by atoms with Crippen LogP contribution in [-0.4, -0.2) is 26.8 Å². The lowest BCUT2D eigenvalue weighted by atomic mass is 10.1. The van der Waals surface area contributed by atoms with Crippen molar-refractivity contribution < 1.29 is 22.4 Å². The average Bonchev–Trinajstić information content (AvgIpc) is 3.41. The van der Waals surface area contributed by atoms with Crippen molar-refractivity contribution >= 4 is 44.8 Å². The monoisotopic (exact) mass is 537 g/mol. The second kappa shape index (κ2) is 11.3. The summed E-state index contributed by atoms with van der Waals surface area (Å²) >= 11 is 5.93. The molecule has 37 heavy (non-hydrogen) atoms. The zero-order valence-electron chi connectivity index (χ0n) is 19.8. The zero-order chi connectivity index (χ0) is 26.4. The Labute approximate surface area is 219 Å². The number of aryl methyl sites for hydroxylation is 1. The van der Waals surface area contributed by atoms with Crippen LogP contribution in [0, 0.1) is 6.92 Å². The SMILES string of the molecule is Cc1ccc(N(CC(=O)Nc2ccccc2C(=O)NCc2ccco2)S(=O)(=O)c2ccc(Cl)cc2)cc1. The van der Waals surface area contributed by atoms with E-state index in [1.54, 1.807) is 60.7 Å². The van der Waals surface area contributed by atoms with Gasteiger partial charge in [-0.05, 0) is 67.6 Å². The minimum Gasteiger partial charge on any atom is -0.467 e. The van der Waals surface area contributed by atoms with E-state index in [1.807, 2.05) is 6.92 Å². The number of furan rings is 1. The molecule has 8 nitrogen and oxygen atoms in total. The molecule has 0 atom stereocenters. The van der Waals surface area contributed by atoms with Crippen LogP contribution in [0.1, 0.15) is 21.7 Å². The van der Waals surface area contributed by atoms with Crippen molar-refractivity contribution in [3.8, 4) is 0 Å². The molecular weight excluding hydrogens is 514 g/mol. The number of carbonyl (C=O) groups is 2. The van der Waals surface area contributed by atoms with Gasteiger partial charge in [-0.2, -0.15) is 0 Å². The van der Waals surface area contributed by atoms with Crippen molar-refractivity contribution in [2.75, 3.05) is 16.2 Å². The van der Waals surface area contributed by atoms with Crippen LogP contribution in [0.5, 0.6) is 0 Å². The molecule has 0 radical (unpaired) electrons. The summed E-state index contributed by atoms with van der Waals surface area (Å²) in [7, 11) is -4.11. The zero-order valence-corrected chi connectivity index (χ0v) is 21.4. The Morgan fingerprint density at radius 2 is 1.62 bits per heavy atom. The maximum atomic E-state index is 13.5. The number of sulfonamides is 1. The van der Waals surface area contributed by atoms with Crippen LogP contribution in [0.4, 0.5) is 11.4 Å². The summed E-state index contributed by atoms with van der Waals surface area (Å²) in [4.78, 5) is 25.9. The Hall–Kier alpha value is -4.08. The highest BCUT2D eigenvalue weighted by molar-refractivity contribution is 7.92. The van der Waals surface area contributed by atoms with E-state index in [9.17, 15) is 18.0 Å². The van der Waals surface area contributed by atoms with E-state index in [4.69, 9.17) is 16.0 Å². The number of anilines is 2. The summed E-state index contributed by atoms with van der Waals surface area (Å²) in [6.07, 6.45) is 1.51. The van der Waals surface area contributed by atoms with Gasteiger partial charge in [-0.1, -0.05) is 41.4 Å². The lowest BCUT2D eigenvalue weighted by Crippen LogP contribution is -2.38. The fraction of sp³-hybridized carbons (Fsp3) is 0.111.